The number of hydrogen-bond acceptors (Lipinski definition) is 4. The zero-order chi connectivity index (χ0) is 18.8. The average molecular weight is 357 g/mol. The minimum Gasteiger partial charge on any atom is -0.547 e. The van der Waals surface area contributed by atoms with Crippen LogP contribution in [0.15, 0.2) is 70.6 Å². The fourth-order valence-corrected chi connectivity index (χ4v) is 2.35. The summed E-state index contributed by atoms with van der Waals surface area (Å²) in [4.78, 5) is 19.3. The summed E-state index contributed by atoms with van der Waals surface area (Å²) in [5.41, 5.74) is -1.14. The molecule has 0 heterocycles. The molecule has 0 spiro atoms. The van der Waals surface area contributed by atoms with Gasteiger partial charge in [-0.3, -0.25) is 9.98 Å². The van der Waals surface area contributed by atoms with Gasteiger partial charge in [-0.05, 0) is 24.0 Å². The summed E-state index contributed by atoms with van der Waals surface area (Å²) >= 11 is 0. The number of carboxylic acid groups (broad SMARTS) is 1. The summed E-state index contributed by atoms with van der Waals surface area (Å²) in [5.74, 6) is -1.88. The zero-order valence-electron chi connectivity index (χ0n) is 14.1. The molecule has 0 saturated heterocycles. The molecular weight excluding hydrogens is 338 g/mol. The maximum absolute atomic E-state index is 13.5. The number of hydrogen-bond donors (Lipinski definition) is 0. The van der Waals surface area contributed by atoms with Crippen LogP contribution in [-0.2, 0) is 4.79 Å². The maximum Gasteiger partial charge on any atom is 0.268 e. The van der Waals surface area contributed by atoms with Crippen LogP contribution in [0.5, 0.6) is 0 Å². The third-order valence-electron chi connectivity index (χ3n) is 3.84. The predicted molar refractivity (Wildman–Crippen MR) is 95.9 cm³/mol. The lowest BCUT2D eigenvalue weighted by atomic mass is 9.94. The molecule has 2 aromatic carbocycles. The Morgan fingerprint density at radius 3 is 2.04 bits per heavy atom. The molecule has 0 fully saturated rings. The highest BCUT2D eigenvalue weighted by atomic mass is 19.3. The van der Waals surface area contributed by atoms with E-state index in [1.54, 1.807) is 36.5 Å². The minimum atomic E-state index is -3.18. The van der Waals surface area contributed by atoms with Crippen molar-refractivity contribution in [1.82, 2.24) is 0 Å². The normalized spacial score (nSPS) is 14.1. The number of carboxylic acids is 1. The van der Waals surface area contributed by atoms with Crippen LogP contribution < -0.4 is 5.11 Å². The van der Waals surface area contributed by atoms with E-state index in [0.717, 1.165) is 11.8 Å². The van der Waals surface area contributed by atoms with E-state index in [9.17, 15) is 18.7 Å². The van der Waals surface area contributed by atoms with Gasteiger partial charge in [0.2, 0.25) is 0 Å². The SMILES string of the molecule is O=C([O-])C(CCCN=Cc1ccccc1)(N=Cc1ccccc1)C(F)F. The van der Waals surface area contributed by atoms with Crippen LogP contribution >= 0.6 is 0 Å². The number of rotatable bonds is 9. The summed E-state index contributed by atoms with van der Waals surface area (Å²) in [7, 11) is 0. The number of aliphatic carboxylic acids is 1. The lowest BCUT2D eigenvalue weighted by Gasteiger charge is -2.29. The van der Waals surface area contributed by atoms with E-state index in [-0.39, 0.29) is 19.4 Å². The molecule has 1 atom stereocenters. The summed E-state index contributed by atoms with van der Waals surface area (Å²) in [6.45, 7) is 0.220. The van der Waals surface area contributed by atoms with Gasteiger partial charge in [-0.25, -0.2) is 8.78 Å². The van der Waals surface area contributed by atoms with Crippen molar-refractivity contribution < 1.29 is 18.7 Å². The molecule has 0 saturated carbocycles. The quantitative estimate of drug-likeness (QED) is 0.512. The number of alkyl halides is 2. The van der Waals surface area contributed by atoms with E-state index in [1.165, 1.54) is 0 Å². The third-order valence-corrected chi connectivity index (χ3v) is 3.84. The molecule has 0 aromatic heterocycles. The van der Waals surface area contributed by atoms with Crippen molar-refractivity contribution in [3.05, 3.63) is 71.8 Å². The van der Waals surface area contributed by atoms with Crippen LogP contribution in [0, 0.1) is 0 Å². The molecule has 26 heavy (non-hydrogen) atoms. The maximum atomic E-state index is 13.5. The molecule has 0 N–H and O–H groups in total. The molecule has 0 amide bonds. The Morgan fingerprint density at radius 1 is 1.00 bits per heavy atom. The van der Waals surface area contributed by atoms with Crippen molar-refractivity contribution in [1.29, 1.82) is 0 Å². The van der Waals surface area contributed by atoms with Gasteiger partial charge in [-0.2, -0.15) is 0 Å². The highest BCUT2D eigenvalue weighted by Crippen LogP contribution is 2.26. The van der Waals surface area contributed by atoms with Gasteiger partial charge in [0.25, 0.3) is 6.43 Å². The van der Waals surface area contributed by atoms with Gasteiger partial charge in [0, 0.05) is 19.0 Å². The van der Waals surface area contributed by atoms with Gasteiger partial charge >= 0.3 is 0 Å². The molecule has 6 heteroatoms. The van der Waals surface area contributed by atoms with Gasteiger partial charge in [0.05, 0.1) is 5.97 Å². The third kappa shape index (κ3) is 5.31. The first kappa shape index (κ1) is 19.4. The number of halogens is 2. The lowest BCUT2D eigenvalue weighted by Crippen LogP contribution is -2.52. The summed E-state index contributed by atoms with van der Waals surface area (Å²) < 4.78 is 27.0. The number of nitrogens with zero attached hydrogens (tertiary/aromatic N) is 2. The van der Waals surface area contributed by atoms with Crippen LogP contribution in [0.3, 0.4) is 0 Å². The fraction of sp³-hybridized carbons (Fsp3) is 0.250. The highest BCUT2D eigenvalue weighted by Gasteiger charge is 2.40. The standard InChI is InChI=1S/C20H20F2N2O2/c21-18(22)20(19(25)26,24-15-17-10-5-2-6-11-17)12-7-13-23-14-16-8-3-1-4-9-16/h1-6,8-11,14-15,18H,7,12-13H2,(H,25,26)/p-1. The molecule has 0 aliphatic carbocycles. The van der Waals surface area contributed by atoms with Crippen molar-refractivity contribution in [3.8, 4) is 0 Å². The van der Waals surface area contributed by atoms with Crippen molar-refractivity contribution in [3.63, 3.8) is 0 Å². The van der Waals surface area contributed by atoms with Gasteiger partial charge in [0.15, 0.2) is 5.54 Å². The monoisotopic (exact) mass is 357 g/mol. The highest BCUT2D eigenvalue weighted by molar-refractivity contribution is 5.85. The first-order valence-corrected chi connectivity index (χ1v) is 8.19. The van der Waals surface area contributed by atoms with Crippen molar-refractivity contribution in [2.45, 2.75) is 24.8 Å². The first-order valence-electron chi connectivity index (χ1n) is 8.19. The van der Waals surface area contributed by atoms with Crippen molar-refractivity contribution in [2.75, 3.05) is 6.54 Å². The molecule has 2 aromatic rings. The fourth-order valence-electron chi connectivity index (χ4n) is 2.35. The molecule has 136 valence electrons. The molecule has 0 aliphatic rings. The van der Waals surface area contributed by atoms with Gasteiger partial charge < -0.3 is 9.90 Å². The molecule has 0 radical (unpaired) electrons. The molecule has 0 aliphatic heterocycles. The van der Waals surface area contributed by atoms with Crippen LogP contribution in [0.4, 0.5) is 8.78 Å². The summed E-state index contributed by atoms with van der Waals surface area (Å²) in [6.07, 6.45) is -0.618. The van der Waals surface area contributed by atoms with E-state index in [4.69, 9.17) is 0 Å². The van der Waals surface area contributed by atoms with Crippen LogP contribution in [0.25, 0.3) is 0 Å². The number of benzene rings is 2. The Bertz CT molecular complexity index is 749. The largest absolute Gasteiger partial charge is 0.547 e. The minimum absolute atomic E-state index is 0.147. The zero-order valence-corrected chi connectivity index (χ0v) is 14.1. The molecule has 1 unspecified atom stereocenters. The Hall–Kier alpha value is -2.89. The smallest absolute Gasteiger partial charge is 0.268 e. The van der Waals surface area contributed by atoms with E-state index in [1.807, 2.05) is 30.3 Å². The summed E-state index contributed by atoms with van der Waals surface area (Å²) in [5, 5.41) is 11.4. The van der Waals surface area contributed by atoms with E-state index < -0.39 is 17.9 Å². The molecule has 2 rings (SSSR count). The van der Waals surface area contributed by atoms with Gasteiger partial charge in [-0.15, -0.1) is 0 Å². The van der Waals surface area contributed by atoms with Gasteiger partial charge in [-0.1, -0.05) is 60.7 Å². The number of carbonyl (C=O) groups is 1. The van der Waals surface area contributed by atoms with Crippen LogP contribution in [0.1, 0.15) is 24.0 Å². The van der Waals surface area contributed by atoms with E-state index in [0.29, 0.717) is 5.56 Å². The first-order chi connectivity index (χ1) is 12.5. The Balaban J connectivity index is 2.04. The Labute approximate surface area is 150 Å². The second-order valence-corrected chi connectivity index (χ2v) is 5.73. The van der Waals surface area contributed by atoms with E-state index >= 15 is 0 Å². The summed E-state index contributed by atoms with van der Waals surface area (Å²) in [6, 6.07) is 17.8. The molecule has 4 nitrogen and oxygen atoms in total. The molecule has 0 bridgehead atoms. The van der Waals surface area contributed by atoms with Crippen LogP contribution in [0.2, 0.25) is 0 Å². The lowest BCUT2D eigenvalue weighted by molar-refractivity contribution is -0.317. The average Bonchev–Trinajstić information content (AvgIpc) is 2.65. The van der Waals surface area contributed by atoms with Crippen molar-refractivity contribution >= 4 is 18.4 Å². The number of aliphatic imine (C=N–C) groups is 2. The Morgan fingerprint density at radius 2 is 1.54 bits per heavy atom. The second kappa shape index (κ2) is 9.56. The van der Waals surface area contributed by atoms with Crippen LogP contribution in [-0.4, -0.2) is 36.9 Å². The van der Waals surface area contributed by atoms with E-state index in [2.05, 4.69) is 9.98 Å². The number of carbonyl (C=O) groups excluding carboxylic acids is 1. The van der Waals surface area contributed by atoms with Crippen molar-refractivity contribution in [2.24, 2.45) is 9.98 Å². The topological polar surface area (TPSA) is 64.8 Å². The van der Waals surface area contributed by atoms with Gasteiger partial charge in [0.1, 0.15) is 0 Å². The Kier molecular flexibility index (Phi) is 7.14. The predicted octanol–water partition coefficient (Wildman–Crippen LogP) is 2.76. The second-order valence-electron chi connectivity index (χ2n) is 5.73. The molecular formula is C20H19F2N2O2-.